The Morgan fingerprint density at radius 2 is 1.79 bits per heavy atom. The fraction of sp³-hybridized carbons (Fsp3) is 0.111. The Balaban J connectivity index is 2.23. The second kappa shape index (κ2) is 6.49. The molecule has 0 aliphatic carbocycles. The van der Waals surface area contributed by atoms with Crippen LogP contribution in [0.5, 0.6) is 5.75 Å². The second-order valence-electron chi connectivity index (χ2n) is 5.32. The molecular weight excluding hydrogens is 372 g/mol. The van der Waals surface area contributed by atoms with Gasteiger partial charge in [-0.2, -0.15) is 0 Å². The lowest BCUT2D eigenvalue weighted by Gasteiger charge is -2.15. The minimum Gasteiger partial charge on any atom is -0.495 e. The fourth-order valence-electron chi connectivity index (χ4n) is 2.67. The number of non-ortho nitro benzene ring substituents is 1. The summed E-state index contributed by atoms with van der Waals surface area (Å²) in [6.45, 7) is 1.96. The van der Waals surface area contributed by atoms with Crippen LogP contribution >= 0.6 is 15.9 Å². The summed E-state index contributed by atoms with van der Waals surface area (Å²) in [7, 11) is 1.56. The van der Waals surface area contributed by atoms with Crippen LogP contribution in [0.15, 0.2) is 59.1 Å². The number of hydrogen-bond acceptors (Lipinski definition) is 3. The molecule has 0 fully saturated rings. The molecule has 0 atom stereocenters. The van der Waals surface area contributed by atoms with Gasteiger partial charge in [-0.15, -0.1) is 0 Å². The smallest absolute Gasteiger partial charge is 0.271 e. The summed E-state index contributed by atoms with van der Waals surface area (Å²) in [5.74, 6) is 0.582. The third kappa shape index (κ3) is 2.92. The molecule has 1 aromatic heterocycles. The highest BCUT2D eigenvalue weighted by Gasteiger charge is 2.17. The maximum absolute atomic E-state index is 11.1. The number of aryl methyl sites for hydroxylation is 1. The summed E-state index contributed by atoms with van der Waals surface area (Å²) in [6, 6.07) is 16.5. The highest BCUT2D eigenvalue weighted by atomic mass is 79.9. The highest BCUT2D eigenvalue weighted by Crippen LogP contribution is 2.34. The molecule has 0 bridgehead atoms. The van der Waals surface area contributed by atoms with Crippen LogP contribution < -0.4 is 4.74 Å². The number of methoxy groups -OCH3 is 1. The molecule has 5 nitrogen and oxygen atoms in total. The zero-order valence-electron chi connectivity index (χ0n) is 13.2. The SMILES string of the molecule is COc1ccc([N+](=O)[O-])cc1-n1c(C)ccc1-c1ccc(Br)cc1. The lowest BCUT2D eigenvalue weighted by Crippen LogP contribution is -2.03. The molecule has 0 aliphatic rings. The third-order valence-corrected chi connectivity index (χ3v) is 4.36. The topological polar surface area (TPSA) is 57.3 Å². The maximum Gasteiger partial charge on any atom is 0.271 e. The highest BCUT2D eigenvalue weighted by molar-refractivity contribution is 9.10. The van der Waals surface area contributed by atoms with Gasteiger partial charge in [-0.25, -0.2) is 0 Å². The van der Waals surface area contributed by atoms with Gasteiger partial charge < -0.3 is 9.30 Å². The van der Waals surface area contributed by atoms with E-state index in [0.717, 1.165) is 21.4 Å². The molecule has 1 heterocycles. The Morgan fingerprint density at radius 1 is 1.08 bits per heavy atom. The van der Waals surface area contributed by atoms with Crippen LogP contribution in [0.1, 0.15) is 5.69 Å². The van der Waals surface area contributed by atoms with Gasteiger partial charge in [-0.05, 0) is 42.8 Å². The molecule has 0 saturated carbocycles. The summed E-state index contributed by atoms with van der Waals surface area (Å²) in [5.41, 5.74) is 3.60. The van der Waals surface area contributed by atoms with Gasteiger partial charge in [0.25, 0.3) is 5.69 Å². The van der Waals surface area contributed by atoms with Gasteiger partial charge in [0.05, 0.1) is 23.4 Å². The second-order valence-corrected chi connectivity index (χ2v) is 6.23. The number of rotatable bonds is 4. The van der Waals surface area contributed by atoms with E-state index in [1.807, 2.05) is 47.9 Å². The number of hydrogen-bond donors (Lipinski definition) is 0. The minimum absolute atomic E-state index is 0.0284. The maximum atomic E-state index is 11.1. The number of nitro groups is 1. The Kier molecular flexibility index (Phi) is 4.40. The molecule has 0 unspecified atom stereocenters. The molecule has 3 rings (SSSR count). The number of benzene rings is 2. The molecular formula is C18H15BrN2O3. The van der Waals surface area contributed by atoms with Gasteiger partial charge in [0, 0.05) is 22.3 Å². The van der Waals surface area contributed by atoms with E-state index in [0.29, 0.717) is 11.4 Å². The van der Waals surface area contributed by atoms with Crippen molar-refractivity contribution in [1.82, 2.24) is 4.57 Å². The lowest BCUT2D eigenvalue weighted by atomic mass is 10.1. The van der Waals surface area contributed by atoms with Crippen LogP contribution in [0.3, 0.4) is 0 Å². The van der Waals surface area contributed by atoms with Crippen molar-refractivity contribution in [3.05, 3.63) is 74.9 Å². The molecule has 0 saturated heterocycles. The first-order valence-corrected chi connectivity index (χ1v) is 8.07. The Labute approximate surface area is 147 Å². The molecule has 0 spiro atoms. The molecule has 0 N–H and O–H groups in total. The van der Waals surface area contributed by atoms with E-state index in [2.05, 4.69) is 15.9 Å². The monoisotopic (exact) mass is 386 g/mol. The van der Waals surface area contributed by atoms with E-state index in [1.165, 1.54) is 12.1 Å². The van der Waals surface area contributed by atoms with Crippen LogP contribution in [0.25, 0.3) is 16.9 Å². The molecule has 122 valence electrons. The van der Waals surface area contributed by atoms with Crippen LogP contribution in [-0.4, -0.2) is 16.6 Å². The van der Waals surface area contributed by atoms with Crippen molar-refractivity contribution >= 4 is 21.6 Å². The Bertz CT molecular complexity index is 901. The number of halogens is 1. The Hall–Kier alpha value is -2.60. The van der Waals surface area contributed by atoms with Gasteiger partial charge >= 0.3 is 0 Å². The van der Waals surface area contributed by atoms with Crippen LogP contribution in [-0.2, 0) is 0 Å². The van der Waals surface area contributed by atoms with Crippen molar-refractivity contribution in [2.45, 2.75) is 6.92 Å². The summed E-state index contributed by atoms with van der Waals surface area (Å²) in [5, 5.41) is 11.1. The fourth-order valence-corrected chi connectivity index (χ4v) is 2.94. The normalized spacial score (nSPS) is 10.6. The molecule has 0 aliphatic heterocycles. The van der Waals surface area contributed by atoms with Crippen LogP contribution in [0.4, 0.5) is 5.69 Å². The van der Waals surface area contributed by atoms with E-state index in [-0.39, 0.29) is 5.69 Å². The molecule has 0 radical (unpaired) electrons. The van der Waals surface area contributed by atoms with E-state index in [1.54, 1.807) is 13.2 Å². The van der Waals surface area contributed by atoms with Gasteiger partial charge in [0.1, 0.15) is 5.75 Å². The number of ether oxygens (including phenoxy) is 1. The van der Waals surface area contributed by atoms with Gasteiger partial charge in [-0.1, -0.05) is 28.1 Å². The van der Waals surface area contributed by atoms with Crippen molar-refractivity contribution < 1.29 is 9.66 Å². The molecule has 2 aromatic carbocycles. The summed E-state index contributed by atoms with van der Waals surface area (Å²) in [4.78, 5) is 10.7. The van der Waals surface area contributed by atoms with E-state index < -0.39 is 4.92 Å². The average molecular weight is 387 g/mol. The lowest BCUT2D eigenvalue weighted by molar-refractivity contribution is -0.384. The molecule has 3 aromatic rings. The summed E-state index contributed by atoms with van der Waals surface area (Å²) < 4.78 is 8.38. The Morgan fingerprint density at radius 3 is 2.42 bits per heavy atom. The number of nitro benzene ring substituents is 1. The molecule has 0 amide bonds. The predicted octanol–water partition coefficient (Wildman–Crippen LogP) is 5.13. The zero-order chi connectivity index (χ0) is 17.3. The summed E-state index contributed by atoms with van der Waals surface area (Å²) >= 11 is 3.43. The minimum atomic E-state index is -0.402. The number of nitrogens with zero attached hydrogens (tertiary/aromatic N) is 2. The van der Waals surface area contributed by atoms with Gasteiger partial charge in [0.2, 0.25) is 0 Å². The predicted molar refractivity (Wildman–Crippen MR) is 96.8 cm³/mol. The average Bonchev–Trinajstić information content (AvgIpc) is 2.96. The van der Waals surface area contributed by atoms with Crippen LogP contribution in [0, 0.1) is 17.0 Å². The van der Waals surface area contributed by atoms with Crippen molar-refractivity contribution in [1.29, 1.82) is 0 Å². The van der Waals surface area contributed by atoms with Crippen molar-refractivity contribution in [3.63, 3.8) is 0 Å². The van der Waals surface area contributed by atoms with E-state index in [9.17, 15) is 10.1 Å². The quantitative estimate of drug-likeness (QED) is 0.461. The third-order valence-electron chi connectivity index (χ3n) is 3.83. The standard InChI is InChI=1S/C18H15BrN2O3/c1-12-3-9-16(13-4-6-14(19)7-5-13)20(12)17-11-15(21(22)23)8-10-18(17)24-2/h3-11H,1-2H3. The largest absolute Gasteiger partial charge is 0.495 e. The van der Waals surface area contributed by atoms with Crippen molar-refractivity contribution in [2.24, 2.45) is 0 Å². The summed E-state index contributed by atoms with van der Waals surface area (Å²) in [6.07, 6.45) is 0. The zero-order valence-corrected chi connectivity index (χ0v) is 14.8. The van der Waals surface area contributed by atoms with Crippen LogP contribution in [0.2, 0.25) is 0 Å². The van der Waals surface area contributed by atoms with E-state index >= 15 is 0 Å². The van der Waals surface area contributed by atoms with Gasteiger partial charge in [0.15, 0.2) is 0 Å². The first-order valence-electron chi connectivity index (χ1n) is 7.28. The first kappa shape index (κ1) is 16.3. The first-order chi connectivity index (χ1) is 11.5. The molecule has 6 heteroatoms. The van der Waals surface area contributed by atoms with Crippen molar-refractivity contribution in [3.8, 4) is 22.7 Å². The van der Waals surface area contributed by atoms with E-state index in [4.69, 9.17) is 4.74 Å². The molecule has 24 heavy (non-hydrogen) atoms. The number of aromatic nitrogens is 1. The van der Waals surface area contributed by atoms with Gasteiger partial charge in [-0.3, -0.25) is 10.1 Å². The van der Waals surface area contributed by atoms with Crippen molar-refractivity contribution in [2.75, 3.05) is 7.11 Å².